The number of carbonyl (C=O) groups is 1. The fourth-order valence-electron chi connectivity index (χ4n) is 2.26. The Balaban J connectivity index is 1.66. The van der Waals surface area contributed by atoms with E-state index in [0.29, 0.717) is 21.8 Å². The second-order valence-electron chi connectivity index (χ2n) is 5.92. The predicted octanol–water partition coefficient (Wildman–Crippen LogP) is 3.19. The minimum Gasteiger partial charge on any atom is -0.345 e. The number of amides is 1. The lowest BCUT2D eigenvalue weighted by atomic mass is 10.2. The Bertz CT molecular complexity index is 714. The van der Waals surface area contributed by atoms with Crippen molar-refractivity contribution < 1.29 is 4.79 Å². The maximum Gasteiger partial charge on any atom is 0.232 e. The van der Waals surface area contributed by atoms with Crippen LogP contribution in [-0.4, -0.2) is 44.9 Å². The van der Waals surface area contributed by atoms with E-state index in [2.05, 4.69) is 10.2 Å². The number of carbonyl (C=O) groups excluding carboxylic acids is 1. The molecule has 1 heterocycles. The second-order valence-corrected chi connectivity index (χ2v) is 7.27. The summed E-state index contributed by atoms with van der Waals surface area (Å²) in [5.41, 5.74) is 1.92. The molecule has 1 aromatic heterocycles. The molecule has 0 aliphatic heterocycles. The summed E-state index contributed by atoms with van der Waals surface area (Å²) in [6, 6.07) is 5.81. The third-order valence-corrected chi connectivity index (χ3v) is 5.26. The van der Waals surface area contributed by atoms with Crippen LogP contribution in [0.2, 0.25) is 5.02 Å². The predicted molar refractivity (Wildman–Crippen MR) is 92.2 cm³/mol. The molecule has 1 amide bonds. The third-order valence-electron chi connectivity index (χ3n) is 3.93. The molecule has 0 bridgehead atoms. The minimum absolute atomic E-state index is 0.124. The highest BCUT2D eigenvalue weighted by atomic mass is 35.5. The first-order valence-corrected chi connectivity index (χ1v) is 8.94. The molecule has 0 unspecified atom stereocenters. The Labute approximate surface area is 145 Å². The number of aryl methyl sites for hydroxylation is 1. The Hall–Kier alpha value is -1.53. The van der Waals surface area contributed by atoms with Gasteiger partial charge in [-0.15, -0.1) is 10.2 Å². The summed E-state index contributed by atoms with van der Waals surface area (Å²) in [4.78, 5) is 14.0. The van der Waals surface area contributed by atoms with Crippen LogP contribution >= 0.6 is 23.4 Å². The Morgan fingerprint density at radius 2 is 2.26 bits per heavy atom. The molecule has 5 nitrogen and oxygen atoms in total. The van der Waals surface area contributed by atoms with Gasteiger partial charge in [-0.1, -0.05) is 29.4 Å². The maximum atomic E-state index is 12.2. The summed E-state index contributed by atoms with van der Waals surface area (Å²) >= 11 is 7.58. The number of hydrogen-bond acceptors (Lipinski definition) is 4. The van der Waals surface area contributed by atoms with Crippen LogP contribution in [0.5, 0.6) is 0 Å². The zero-order valence-electron chi connectivity index (χ0n) is 13.2. The monoisotopic (exact) mass is 350 g/mol. The number of hydrogen-bond donors (Lipinski definition) is 0. The molecule has 1 aromatic carbocycles. The first-order valence-electron chi connectivity index (χ1n) is 7.58. The van der Waals surface area contributed by atoms with Gasteiger partial charge in [0.25, 0.3) is 0 Å². The summed E-state index contributed by atoms with van der Waals surface area (Å²) in [6.45, 7) is 2.82. The molecule has 0 atom stereocenters. The molecule has 7 heteroatoms. The van der Waals surface area contributed by atoms with Gasteiger partial charge in [0.05, 0.1) is 11.4 Å². The second kappa shape index (κ2) is 6.93. The molecule has 1 aliphatic rings. The lowest BCUT2D eigenvalue weighted by Crippen LogP contribution is -2.30. The van der Waals surface area contributed by atoms with Gasteiger partial charge < -0.3 is 4.90 Å². The highest BCUT2D eigenvalue weighted by molar-refractivity contribution is 7.99. The van der Waals surface area contributed by atoms with E-state index in [1.54, 1.807) is 6.33 Å². The first kappa shape index (κ1) is 16.3. The minimum atomic E-state index is 0.124. The number of aromatic nitrogens is 3. The summed E-state index contributed by atoms with van der Waals surface area (Å²) in [5.74, 6) is 1.19. The molecule has 122 valence electrons. The van der Waals surface area contributed by atoms with Gasteiger partial charge in [-0.2, -0.15) is 0 Å². The van der Waals surface area contributed by atoms with Gasteiger partial charge in [-0.05, 0) is 43.4 Å². The molecule has 3 rings (SSSR count). The molecule has 0 spiro atoms. The van der Waals surface area contributed by atoms with E-state index in [0.717, 1.165) is 17.8 Å². The topological polar surface area (TPSA) is 51.0 Å². The van der Waals surface area contributed by atoms with E-state index < -0.39 is 0 Å². The molecule has 1 saturated carbocycles. The van der Waals surface area contributed by atoms with Crippen LogP contribution in [0.1, 0.15) is 18.4 Å². The highest BCUT2D eigenvalue weighted by Crippen LogP contribution is 2.29. The normalized spacial score (nSPS) is 14.0. The van der Waals surface area contributed by atoms with E-state index in [9.17, 15) is 4.79 Å². The number of rotatable bonds is 6. The van der Waals surface area contributed by atoms with E-state index in [4.69, 9.17) is 11.6 Å². The molecular weight excluding hydrogens is 332 g/mol. The number of halogens is 1. The molecule has 1 aliphatic carbocycles. The highest BCUT2D eigenvalue weighted by Gasteiger charge is 2.25. The number of thioether (sulfide) groups is 1. The van der Waals surface area contributed by atoms with Gasteiger partial charge in [-0.25, -0.2) is 0 Å². The van der Waals surface area contributed by atoms with Crippen molar-refractivity contribution in [3.05, 3.63) is 35.1 Å². The average molecular weight is 351 g/mol. The summed E-state index contributed by atoms with van der Waals surface area (Å²) in [6.07, 6.45) is 4.13. The van der Waals surface area contributed by atoms with E-state index in [1.165, 1.54) is 24.6 Å². The van der Waals surface area contributed by atoms with Crippen molar-refractivity contribution in [3.63, 3.8) is 0 Å². The molecule has 1 fully saturated rings. The van der Waals surface area contributed by atoms with Crippen molar-refractivity contribution in [1.29, 1.82) is 0 Å². The quantitative estimate of drug-likeness (QED) is 0.751. The van der Waals surface area contributed by atoms with Crippen LogP contribution in [0.3, 0.4) is 0 Å². The molecular formula is C16H19ClN4OS. The van der Waals surface area contributed by atoms with Crippen molar-refractivity contribution >= 4 is 29.3 Å². The van der Waals surface area contributed by atoms with Crippen molar-refractivity contribution in [1.82, 2.24) is 19.7 Å². The van der Waals surface area contributed by atoms with Crippen LogP contribution in [0.4, 0.5) is 0 Å². The van der Waals surface area contributed by atoms with E-state index >= 15 is 0 Å². The van der Waals surface area contributed by atoms with Crippen LogP contribution in [0, 0.1) is 12.8 Å². The van der Waals surface area contributed by atoms with Gasteiger partial charge >= 0.3 is 0 Å². The third kappa shape index (κ3) is 4.06. The zero-order chi connectivity index (χ0) is 16.4. The van der Waals surface area contributed by atoms with Gasteiger partial charge in [0.2, 0.25) is 5.91 Å². The Kier molecular flexibility index (Phi) is 4.92. The molecule has 0 radical (unpaired) electrons. The lowest BCUT2D eigenvalue weighted by Gasteiger charge is -2.16. The van der Waals surface area contributed by atoms with E-state index in [-0.39, 0.29) is 5.91 Å². The fraction of sp³-hybridized carbons (Fsp3) is 0.438. The first-order chi connectivity index (χ1) is 11.0. The summed E-state index contributed by atoms with van der Waals surface area (Å²) in [5, 5.41) is 9.46. The van der Waals surface area contributed by atoms with Crippen LogP contribution in [0.15, 0.2) is 29.7 Å². The lowest BCUT2D eigenvalue weighted by molar-refractivity contribution is -0.127. The van der Waals surface area contributed by atoms with Crippen molar-refractivity contribution in [2.24, 2.45) is 5.92 Å². The van der Waals surface area contributed by atoms with Crippen LogP contribution in [-0.2, 0) is 4.79 Å². The van der Waals surface area contributed by atoms with Gasteiger partial charge in [0, 0.05) is 18.6 Å². The average Bonchev–Trinajstić information content (AvgIpc) is 3.22. The van der Waals surface area contributed by atoms with Crippen LogP contribution < -0.4 is 0 Å². The number of benzene rings is 1. The SMILES string of the molecule is Cc1ccc(-n2cnnc2SCC(=O)N(C)CC2CC2)cc1Cl. The largest absolute Gasteiger partial charge is 0.345 e. The summed E-state index contributed by atoms with van der Waals surface area (Å²) < 4.78 is 1.85. The number of nitrogens with zero attached hydrogens (tertiary/aromatic N) is 4. The molecule has 23 heavy (non-hydrogen) atoms. The van der Waals surface area contributed by atoms with Crippen molar-refractivity contribution in [2.75, 3.05) is 19.3 Å². The Morgan fingerprint density at radius 1 is 1.48 bits per heavy atom. The zero-order valence-corrected chi connectivity index (χ0v) is 14.8. The van der Waals surface area contributed by atoms with Gasteiger partial charge in [0.15, 0.2) is 5.16 Å². The molecule has 0 saturated heterocycles. The molecule has 2 aromatic rings. The van der Waals surface area contributed by atoms with Crippen molar-refractivity contribution in [3.8, 4) is 5.69 Å². The van der Waals surface area contributed by atoms with Crippen molar-refractivity contribution in [2.45, 2.75) is 24.9 Å². The Morgan fingerprint density at radius 3 is 2.96 bits per heavy atom. The smallest absolute Gasteiger partial charge is 0.232 e. The summed E-state index contributed by atoms with van der Waals surface area (Å²) in [7, 11) is 1.87. The molecule has 0 N–H and O–H groups in total. The fourth-order valence-corrected chi connectivity index (χ4v) is 3.30. The standard InChI is InChI=1S/C16H19ClN4OS/c1-11-3-6-13(7-14(11)17)21-10-18-19-16(21)23-9-15(22)20(2)8-12-4-5-12/h3,6-7,10,12H,4-5,8-9H2,1-2H3. The maximum absolute atomic E-state index is 12.2. The van der Waals surface area contributed by atoms with Crippen LogP contribution in [0.25, 0.3) is 5.69 Å². The van der Waals surface area contributed by atoms with Gasteiger partial charge in [0.1, 0.15) is 6.33 Å². The van der Waals surface area contributed by atoms with Gasteiger partial charge in [-0.3, -0.25) is 9.36 Å². The van der Waals surface area contributed by atoms with E-state index in [1.807, 2.05) is 41.6 Å².